The van der Waals surface area contributed by atoms with Gasteiger partial charge >= 0.3 is 0 Å². The van der Waals surface area contributed by atoms with Crippen LogP contribution < -0.4 is 4.74 Å². The summed E-state index contributed by atoms with van der Waals surface area (Å²) >= 11 is 0. The SMILES string of the molecule is CC1CCC(COc2ccc(F)cn2)CN1C(=O)c1cnccc1-c1ccccc1. The molecule has 2 atom stereocenters. The predicted octanol–water partition coefficient (Wildman–Crippen LogP) is 4.60. The van der Waals surface area contributed by atoms with Gasteiger partial charge in [0.05, 0.1) is 18.4 Å². The van der Waals surface area contributed by atoms with E-state index < -0.39 is 5.82 Å². The van der Waals surface area contributed by atoms with Crippen molar-refractivity contribution in [1.29, 1.82) is 0 Å². The van der Waals surface area contributed by atoms with Crippen LogP contribution in [0.25, 0.3) is 11.1 Å². The van der Waals surface area contributed by atoms with E-state index in [-0.39, 0.29) is 17.9 Å². The van der Waals surface area contributed by atoms with E-state index in [1.165, 1.54) is 12.1 Å². The molecule has 2 aromatic heterocycles. The van der Waals surface area contributed by atoms with E-state index in [0.29, 0.717) is 24.6 Å². The lowest BCUT2D eigenvalue weighted by molar-refractivity contribution is 0.0503. The predicted molar refractivity (Wildman–Crippen MR) is 113 cm³/mol. The Bertz CT molecular complexity index is 995. The van der Waals surface area contributed by atoms with Crippen LogP contribution in [0, 0.1) is 11.7 Å². The van der Waals surface area contributed by atoms with Crippen molar-refractivity contribution in [3.63, 3.8) is 0 Å². The van der Waals surface area contributed by atoms with Crippen molar-refractivity contribution >= 4 is 5.91 Å². The number of likely N-dealkylation sites (tertiary alicyclic amines) is 1. The lowest BCUT2D eigenvalue weighted by Gasteiger charge is -2.38. The van der Waals surface area contributed by atoms with Crippen LogP contribution >= 0.6 is 0 Å². The van der Waals surface area contributed by atoms with Crippen molar-refractivity contribution < 1.29 is 13.9 Å². The molecule has 0 spiro atoms. The number of piperidine rings is 1. The zero-order valence-corrected chi connectivity index (χ0v) is 16.9. The summed E-state index contributed by atoms with van der Waals surface area (Å²) in [6, 6.07) is 14.8. The molecular formula is C24H24FN3O2. The zero-order chi connectivity index (χ0) is 20.9. The van der Waals surface area contributed by atoms with Crippen molar-refractivity contribution in [2.75, 3.05) is 13.2 Å². The van der Waals surface area contributed by atoms with E-state index in [9.17, 15) is 9.18 Å². The van der Waals surface area contributed by atoms with Crippen LogP contribution in [0.5, 0.6) is 5.88 Å². The van der Waals surface area contributed by atoms with Crippen molar-refractivity contribution in [3.05, 3.63) is 78.5 Å². The Morgan fingerprint density at radius 2 is 1.97 bits per heavy atom. The summed E-state index contributed by atoms with van der Waals surface area (Å²) in [7, 11) is 0. The number of hydrogen-bond acceptors (Lipinski definition) is 4. The van der Waals surface area contributed by atoms with Crippen LogP contribution in [-0.4, -0.2) is 40.0 Å². The van der Waals surface area contributed by atoms with Crippen LogP contribution in [0.2, 0.25) is 0 Å². The maximum Gasteiger partial charge on any atom is 0.256 e. The molecule has 1 aromatic carbocycles. The maximum absolute atomic E-state index is 13.5. The number of hydrogen-bond donors (Lipinski definition) is 0. The van der Waals surface area contributed by atoms with Gasteiger partial charge in [-0.1, -0.05) is 30.3 Å². The first-order valence-electron chi connectivity index (χ1n) is 10.2. The molecule has 3 aromatic rings. The van der Waals surface area contributed by atoms with Crippen LogP contribution in [-0.2, 0) is 0 Å². The monoisotopic (exact) mass is 405 g/mol. The van der Waals surface area contributed by atoms with Crippen LogP contribution in [0.4, 0.5) is 4.39 Å². The van der Waals surface area contributed by atoms with Crippen molar-refractivity contribution in [2.45, 2.75) is 25.8 Å². The molecule has 2 unspecified atom stereocenters. The van der Waals surface area contributed by atoms with Gasteiger partial charge in [0, 0.05) is 37.0 Å². The number of pyridine rings is 2. The Kier molecular flexibility index (Phi) is 6.02. The van der Waals surface area contributed by atoms with E-state index in [1.807, 2.05) is 41.3 Å². The van der Waals surface area contributed by atoms with Crippen LogP contribution in [0.3, 0.4) is 0 Å². The normalized spacial score (nSPS) is 18.8. The third-order valence-corrected chi connectivity index (χ3v) is 5.54. The van der Waals surface area contributed by atoms with Crippen molar-refractivity contribution in [1.82, 2.24) is 14.9 Å². The highest BCUT2D eigenvalue weighted by molar-refractivity contribution is 6.00. The molecule has 0 aliphatic carbocycles. The molecule has 1 aliphatic heterocycles. The summed E-state index contributed by atoms with van der Waals surface area (Å²) in [4.78, 5) is 23.5. The van der Waals surface area contributed by atoms with Gasteiger partial charge in [0.15, 0.2) is 0 Å². The fraction of sp³-hybridized carbons (Fsp3) is 0.292. The highest BCUT2D eigenvalue weighted by Gasteiger charge is 2.31. The molecule has 154 valence electrons. The number of aromatic nitrogens is 2. The highest BCUT2D eigenvalue weighted by atomic mass is 19.1. The number of benzene rings is 1. The molecule has 4 rings (SSSR count). The molecule has 1 aliphatic rings. The summed E-state index contributed by atoms with van der Waals surface area (Å²) in [6.45, 7) is 3.12. The van der Waals surface area contributed by atoms with Crippen LogP contribution in [0.15, 0.2) is 67.1 Å². The summed E-state index contributed by atoms with van der Waals surface area (Å²) in [6.07, 6.45) is 6.37. The number of halogens is 1. The maximum atomic E-state index is 13.5. The first-order chi connectivity index (χ1) is 14.6. The number of carbonyl (C=O) groups is 1. The zero-order valence-electron chi connectivity index (χ0n) is 16.9. The molecule has 6 heteroatoms. The fourth-order valence-electron chi connectivity index (χ4n) is 3.84. The summed E-state index contributed by atoms with van der Waals surface area (Å²) < 4.78 is 18.7. The second kappa shape index (κ2) is 9.03. The Labute approximate surface area is 175 Å². The Balaban J connectivity index is 1.49. The number of ether oxygens (including phenoxy) is 1. The average molecular weight is 405 g/mol. The first-order valence-corrected chi connectivity index (χ1v) is 10.2. The number of amides is 1. The minimum Gasteiger partial charge on any atom is -0.477 e. The third-order valence-electron chi connectivity index (χ3n) is 5.54. The summed E-state index contributed by atoms with van der Waals surface area (Å²) in [5.41, 5.74) is 2.49. The van der Waals surface area contributed by atoms with Gasteiger partial charge in [-0.25, -0.2) is 9.37 Å². The largest absolute Gasteiger partial charge is 0.477 e. The lowest BCUT2D eigenvalue weighted by atomic mass is 9.92. The minimum absolute atomic E-state index is 0.0148. The summed E-state index contributed by atoms with van der Waals surface area (Å²) in [5, 5.41) is 0. The van der Waals surface area contributed by atoms with Gasteiger partial charge in [-0.3, -0.25) is 9.78 Å². The van der Waals surface area contributed by atoms with Crippen molar-refractivity contribution in [3.8, 4) is 17.0 Å². The van der Waals surface area contributed by atoms with E-state index >= 15 is 0 Å². The Morgan fingerprint density at radius 1 is 1.13 bits per heavy atom. The van der Waals surface area contributed by atoms with E-state index in [2.05, 4.69) is 16.9 Å². The highest BCUT2D eigenvalue weighted by Crippen LogP contribution is 2.28. The summed E-state index contributed by atoms with van der Waals surface area (Å²) in [5.74, 6) is 0.177. The standard InChI is InChI=1S/C24H24FN3O2/c1-17-7-8-18(16-30-23-10-9-20(25)13-27-23)15-28(17)24(29)22-14-26-12-11-21(22)19-5-3-2-4-6-19/h2-6,9-14,17-18H,7-8,15-16H2,1H3. The van der Waals surface area contributed by atoms with E-state index in [1.54, 1.807) is 12.4 Å². The van der Waals surface area contributed by atoms with Gasteiger partial charge in [0.1, 0.15) is 5.82 Å². The number of carbonyl (C=O) groups excluding carboxylic acids is 1. The first kappa shape index (κ1) is 20.0. The van der Waals surface area contributed by atoms with Gasteiger partial charge in [0.25, 0.3) is 5.91 Å². The van der Waals surface area contributed by atoms with Gasteiger partial charge in [-0.2, -0.15) is 0 Å². The van der Waals surface area contributed by atoms with Gasteiger partial charge in [-0.05, 0) is 43.0 Å². The van der Waals surface area contributed by atoms with Crippen LogP contribution in [0.1, 0.15) is 30.1 Å². The minimum atomic E-state index is -0.392. The topological polar surface area (TPSA) is 55.3 Å². The lowest BCUT2D eigenvalue weighted by Crippen LogP contribution is -2.47. The second-order valence-electron chi connectivity index (χ2n) is 7.66. The molecule has 1 fully saturated rings. The molecule has 1 saturated heterocycles. The van der Waals surface area contributed by atoms with Gasteiger partial charge in [0.2, 0.25) is 5.88 Å². The Morgan fingerprint density at radius 3 is 2.73 bits per heavy atom. The van der Waals surface area contributed by atoms with Gasteiger partial charge < -0.3 is 9.64 Å². The molecular weight excluding hydrogens is 381 g/mol. The number of nitrogens with zero attached hydrogens (tertiary/aromatic N) is 3. The molecule has 30 heavy (non-hydrogen) atoms. The smallest absolute Gasteiger partial charge is 0.256 e. The van der Waals surface area contributed by atoms with E-state index in [4.69, 9.17) is 4.74 Å². The second-order valence-corrected chi connectivity index (χ2v) is 7.66. The van der Waals surface area contributed by atoms with Gasteiger partial charge in [-0.15, -0.1) is 0 Å². The molecule has 1 amide bonds. The molecule has 5 nitrogen and oxygen atoms in total. The molecule has 0 N–H and O–H groups in total. The Hall–Kier alpha value is -3.28. The quantitative estimate of drug-likeness (QED) is 0.622. The molecule has 0 bridgehead atoms. The van der Waals surface area contributed by atoms with Crippen molar-refractivity contribution in [2.24, 2.45) is 5.92 Å². The molecule has 3 heterocycles. The average Bonchev–Trinajstić information content (AvgIpc) is 2.80. The third kappa shape index (κ3) is 4.48. The number of rotatable bonds is 5. The molecule has 0 saturated carbocycles. The van der Waals surface area contributed by atoms with E-state index in [0.717, 1.165) is 30.2 Å². The molecule has 0 radical (unpaired) electrons. The fourth-order valence-corrected chi connectivity index (χ4v) is 3.84.